The number of hydrogen-bond acceptors (Lipinski definition) is 4. The molecule has 28 heavy (non-hydrogen) atoms. The minimum absolute atomic E-state index is 0.127. The summed E-state index contributed by atoms with van der Waals surface area (Å²) in [6.07, 6.45) is 3.10. The minimum Gasteiger partial charge on any atom is -0.370 e. The number of carbonyl (C=O) groups is 1. The summed E-state index contributed by atoms with van der Waals surface area (Å²) in [6, 6.07) is 8.53. The Kier molecular flexibility index (Phi) is 6.99. The summed E-state index contributed by atoms with van der Waals surface area (Å²) in [7, 11) is -3.23. The Morgan fingerprint density at radius 2 is 1.79 bits per heavy atom. The monoisotopic (exact) mass is 407 g/mol. The highest BCUT2D eigenvalue weighted by atomic mass is 32.2. The fraction of sp³-hybridized carbons (Fsp3) is 0.667. The maximum Gasteiger partial charge on any atom is 0.227 e. The summed E-state index contributed by atoms with van der Waals surface area (Å²) >= 11 is 0. The summed E-state index contributed by atoms with van der Waals surface area (Å²) in [6.45, 7) is 8.06. The highest BCUT2D eigenvalue weighted by Gasteiger charge is 2.34. The van der Waals surface area contributed by atoms with Crippen LogP contribution < -0.4 is 4.90 Å². The van der Waals surface area contributed by atoms with Crippen LogP contribution in [0, 0.1) is 12.8 Å². The van der Waals surface area contributed by atoms with Gasteiger partial charge in [-0.2, -0.15) is 0 Å². The molecule has 3 rings (SSSR count). The van der Waals surface area contributed by atoms with Crippen molar-refractivity contribution in [1.29, 1.82) is 0 Å². The van der Waals surface area contributed by atoms with Crippen LogP contribution in [0.25, 0.3) is 0 Å². The van der Waals surface area contributed by atoms with Gasteiger partial charge in [0.25, 0.3) is 0 Å². The Hall–Kier alpha value is -1.60. The van der Waals surface area contributed by atoms with Crippen LogP contribution in [0.5, 0.6) is 0 Å². The predicted octanol–water partition coefficient (Wildman–Crippen LogP) is 2.49. The lowest BCUT2D eigenvalue weighted by atomic mass is 9.98. The Bertz CT molecular complexity index is 764. The Labute approximate surface area is 169 Å². The predicted molar refractivity (Wildman–Crippen MR) is 113 cm³/mol. The number of aryl methyl sites for hydroxylation is 1. The number of anilines is 1. The molecule has 1 atom stereocenters. The summed E-state index contributed by atoms with van der Waals surface area (Å²) < 4.78 is 26.3. The van der Waals surface area contributed by atoms with E-state index < -0.39 is 10.0 Å². The van der Waals surface area contributed by atoms with E-state index in [1.807, 2.05) is 11.8 Å². The number of benzene rings is 1. The maximum absolute atomic E-state index is 13.1. The van der Waals surface area contributed by atoms with Crippen molar-refractivity contribution >= 4 is 21.6 Å². The van der Waals surface area contributed by atoms with Gasteiger partial charge >= 0.3 is 0 Å². The standard InChI is InChI=1S/C21H33N3O3S/c1-3-16-28(26,27)24-13-4-6-19(17-24)21(25)23-12-5-11-22(14-15-23)20-9-7-18(2)8-10-20/h7-10,19H,3-6,11-17H2,1-2H3. The van der Waals surface area contributed by atoms with Crippen molar-refractivity contribution in [1.82, 2.24) is 9.21 Å². The third kappa shape index (κ3) is 5.06. The molecule has 0 spiro atoms. The first-order valence-electron chi connectivity index (χ1n) is 10.5. The van der Waals surface area contributed by atoms with E-state index in [-0.39, 0.29) is 17.6 Å². The minimum atomic E-state index is -3.23. The van der Waals surface area contributed by atoms with E-state index in [2.05, 4.69) is 36.1 Å². The summed E-state index contributed by atoms with van der Waals surface area (Å²) in [4.78, 5) is 17.4. The van der Waals surface area contributed by atoms with Gasteiger partial charge in [-0.3, -0.25) is 4.79 Å². The van der Waals surface area contributed by atoms with E-state index in [9.17, 15) is 13.2 Å². The summed E-state index contributed by atoms with van der Waals surface area (Å²) in [5.41, 5.74) is 2.45. The van der Waals surface area contributed by atoms with Crippen molar-refractivity contribution in [3.8, 4) is 0 Å². The van der Waals surface area contributed by atoms with Crippen LogP contribution in [0.1, 0.15) is 38.2 Å². The van der Waals surface area contributed by atoms with E-state index in [1.54, 1.807) is 4.31 Å². The van der Waals surface area contributed by atoms with E-state index in [0.717, 1.165) is 38.9 Å². The third-order valence-corrected chi connectivity index (χ3v) is 7.84. The molecule has 156 valence electrons. The fourth-order valence-corrected chi connectivity index (χ4v) is 5.78. The molecule has 0 radical (unpaired) electrons. The molecule has 2 saturated heterocycles. The molecule has 7 heteroatoms. The number of rotatable bonds is 5. The normalized spacial score (nSPS) is 22.1. The zero-order valence-corrected chi connectivity index (χ0v) is 18.0. The van der Waals surface area contributed by atoms with Gasteiger partial charge in [0.1, 0.15) is 0 Å². The lowest BCUT2D eigenvalue weighted by Gasteiger charge is -2.34. The average molecular weight is 408 g/mol. The molecule has 1 unspecified atom stereocenters. The van der Waals surface area contributed by atoms with Gasteiger partial charge in [0.2, 0.25) is 15.9 Å². The van der Waals surface area contributed by atoms with E-state index >= 15 is 0 Å². The molecule has 2 aliphatic rings. The van der Waals surface area contributed by atoms with Crippen LogP contribution in [0.15, 0.2) is 24.3 Å². The molecule has 2 heterocycles. The maximum atomic E-state index is 13.1. The number of sulfonamides is 1. The van der Waals surface area contributed by atoms with Gasteiger partial charge in [0.05, 0.1) is 11.7 Å². The van der Waals surface area contributed by atoms with Crippen molar-refractivity contribution in [2.75, 3.05) is 49.9 Å². The van der Waals surface area contributed by atoms with Crippen LogP contribution >= 0.6 is 0 Å². The number of hydrogen-bond donors (Lipinski definition) is 0. The Balaban J connectivity index is 1.60. The Morgan fingerprint density at radius 1 is 1.04 bits per heavy atom. The van der Waals surface area contributed by atoms with Gasteiger partial charge in [0, 0.05) is 45.0 Å². The highest BCUT2D eigenvalue weighted by molar-refractivity contribution is 7.89. The van der Waals surface area contributed by atoms with Crippen molar-refractivity contribution in [2.24, 2.45) is 5.92 Å². The molecule has 0 bridgehead atoms. The van der Waals surface area contributed by atoms with Crippen LogP contribution in [-0.2, 0) is 14.8 Å². The van der Waals surface area contributed by atoms with Crippen molar-refractivity contribution in [3.05, 3.63) is 29.8 Å². The smallest absolute Gasteiger partial charge is 0.227 e. The van der Waals surface area contributed by atoms with Crippen LogP contribution in [-0.4, -0.2) is 68.6 Å². The molecule has 1 amide bonds. The largest absolute Gasteiger partial charge is 0.370 e. The lowest BCUT2D eigenvalue weighted by Crippen LogP contribution is -2.48. The molecule has 0 aromatic heterocycles. The van der Waals surface area contributed by atoms with Gasteiger partial charge < -0.3 is 9.80 Å². The van der Waals surface area contributed by atoms with Crippen molar-refractivity contribution in [3.63, 3.8) is 0 Å². The first-order valence-corrected chi connectivity index (χ1v) is 12.1. The first kappa shape index (κ1) is 21.1. The van der Waals surface area contributed by atoms with Gasteiger partial charge in [-0.1, -0.05) is 24.6 Å². The van der Waals surface area contributed by atoms with Gasteiger partial charge in [0.15, 0.2) is 0 Å². The number of nitrogens with zero attached hydrogens (tertiary/aromatic N) is 3. The quantitative estimate of drug-likeness (QED) is 0.752. The second-order valence-electron chi connectivity index (χ2n) is 8.01. The van der Waals surface area contributed by atoms with Crippen molar-refractivity contribution in [2.45, 2.75) is 39.5 Å². The summed E-state index contributed by atoms with van der Waals surface area (Å²) in [5, 5.41) is 0. The lowest BCUT2D eigenvalue weighted by molar-refractivity contribution is -0.136. The van der Waals surface area contributed by atoms with Crippen molar-refractivity contribution < 1.29 is 13.2 Å². The Morgan fingerprint density at radius 3 is 2.50 bits per heavy atom. The second kappa shape index (κ2) is 9.27. The molecule has 2 fully saturated rings. The molecule has 1 aromatic rings. The van der Waals surface area contributed by atoms with Crippen LogP contribution in [0.2, 0.25) is 0 Å². The van der Waals surface area contributed by atoms with Gasteiger partial charge in [-0.15, -0.1) is 0 Å². The highest BCUT2D eigenvalue weighted by Crippen LogP contribution is 2.23. The second-order valence-corrected chi connectivity index (χ2v) is 10.1. The topological polar surface area (TPSA) is 60.9 Å². The van der Waals surface area contributed by atoms with Crippen LogP contribution in [0.4, 0.5) is 5.69 Å². The molecular formula is C21H33N3O3S. The molecule has 6 nitrogen and oxygen atoms in total. The zero-order chi connectivity index (χ0) is 20.1. The zero-order valence-electron chi connectivity index (χ0n) is 17.1. The van der Waals surface area contributed by atoms with Gasteiger partial charge in [-0.25, -0.2) is 12.7 Å². The fourth-order valence-electron chi connectivity index (χ4n) is 4.19. The third-order valence-electron chi connectivity index (χ3n) is 5.80. The summed E-state index contributed by atoms with van der Waals surface area (Å²) in [5.74, 6) is 0.0943. The average Bonchev–Trinajstić information content (AvgIpc) is 2.94. The van der Waals surface area contributed by atoms with E-state index in [4.69, 9.17) is 0 Å². The van der Waals surface area contributed by atoms with E-state index in [1.165, 1.54) is 11.3 Å². The SMILES string of the molecule is CCCS(=O)(=O)N1CCCC(C(=O)N2CCCN(c3ccc(C)cc3)CC2)C1. The molecule has 0 aliphatic carbocycles. The molecule has 1 aromatic carbocycles. The van der Waals surface area contributed by atoms with Crippen LogP contribution in [0.3, 0.4) is 0 Å². The molecule has 2 aliphatic heterocycles. The number of carbonyl (C=O) groups excluding carboxylic acids is 1. The van der Waals surface area contributed by atoms with E-state index in [0.29, 0.717) is 26.1 Å². The molecule has 0 N–H and O–H groups in total. The van der Waals surface area contributed by atoms with Gasteiger partial charge in [-0.05, 0) is 44.7 Å². The number of amides is 1. The first-order chi connectivity index (χ1) is 13.4. The number of piperidine rings is 1. The molecular weight excluding hydrogens is 374 g/mol. The molecule has 0 saturated carbocycles.